The van der Waals surface area contributed by atoms with E-state index < -0.39 is 0 Å². The molecule has 1 aromatic heterocycles. The first-order valence-electron chi connectivity index (χ1n) is 5.77. The van der Waals surface area contributed by atoms with Gasteiger partial charge in [0.25, 0.3) is 5.56 Å². The minimum atomic E-state index is -0.294. The molecule has 0 aliphatic heterocycles. The molecular weight excluding hydrogens is 218 g/mol. The number of likely N-dealkylation sites (N-methyl/N-ethyl adjacent to an activating group) is 1. The summed E-state index contributed by atoms with van der Waals surface area (Å²) >= 11 is 0. The lowest BCUT2D eigenvalue weighted by atomic mass is 10.2. The highest BCUT2D eigenvalue weighted by Crippen LogP contribution is 2.11. The van der Waals surface area contributed by atoms with Crippen LogP contribution in [-0.2, 0) is 0 Å². The van der Waals surface area contributed by atoms with Crippen LogP contribution in [0.1, 0.15) is 13.8 Å². The van der Waals surface area contributed by atoms with Gasteiger partial charge in [-0.2, -0.15) is 0 Å². The van der Waals surface area contributed by atoms with E-state index in [1.807, 2.05) is 11.9 Å². The summed E-state index contributed by atoms with van der Waals surface area (Å²) in [7, 11) is 1.87. The summed E-state index contributed by atoms with van der Waals surface area (Å²) in [5.41, 5.74) is 5.54. The first-order valence-corrected chi connectivity index (χ1v) is 5.77. The predicted octanol–water partition coefficient (Wildman–Crippen LogP) is 0.0339. The van der Waals surface area contributed by atoms with Gasteiger partial charge in [-0.15, -0.1) is 0 Å². The van der Waals surface area contributed by atoms with Crippen molar-refractivity contribution in [3.05, 3.63) is 16.7 Å². The summed E-state index contributed by atoms with van der Waals surface area (Å²) in [5.74, 6) is 1.16. The van der Waals surface area contributed by atoms with Crippen molar-refractivity contribution in [3.63, 3.8) is 0 Å². The van der Waals surface area contributed by atoms with Crippen LogP contribution in [0.5, 0.6) is 0 Å². The number of nitrogens with one attached hydrogen (secondary N) is 2. The summed E-state index contributed by atoms with van der Waals surface area (Å²) in [6.45, 7) is 6.89. The second-order valence-electron chi connectivity index (χ2n) is 4.49. The molecule has 0 atom stereocenters. The van der Waals surface area contributed by atoms with Gasteiger partial charge < -0.3 is 20.9 Å². The molecule has 0 radical (unpaired) electrons. The summed E-state index contributed by atoms with van der Waals surface area (Å²) in [4.78, 5) is 19.7. The molecule has 4 N–H and O–H groups in total. The molecule has 6 nitrogen and oxygen atoms in total. The van der Waals surface area contributed by atoms with Crippen molar-refractivity contribution >= 4 is 11.5 Å². The number of rotatable bonds is 6. The quantitative estimate of drug-likeness (QED) is 0.610. The standard InChI is InChI=1S/C11H21N5O/c1-8(2)6-13-4-5-16(3)10-9(12)11(17)15-7-14-10/h7-8,13H,4-6,12H2,1-3H3,(H,14,15,17). The van der Waals surface area contributed by atoms with E-state index in [-0.39, 0.29) is 11.2 Å². The number of aromatic amines is 1. The van der Waals surface area contributed by atoms with Gasteiger partial charge in [0.05, 0.1) is 6.33 Å². The van der Waals surface area contributed by atoms with Crippen molar-refractivity contribution < 1.29 is 0 Å². The van der Waals surface area contributed by atoms with Crippen LogP contribution >= 0.6 is 0 Å². The zero-order valence-electron chi connectivity index (χ0n) is 10.7. The third kappa shape index (κ3) is 4.07. The number of nitrogens with zero attached hydrogens (tertiary/aromatic N) is 2. The molecule has 1 rings (SSSR count). The van der Waals surface area contributed by atoms with Gasteiger partial charge in [0.2, 0.25) is 0 Å². The second kappa shape index (κ2) is 6.24. The molecule has 96 valence electrons. The van der Waals surface area contributed by atoms with Gasteiger partial charge in [-0.3, -0.25) is 4.79 Å². The van der Waals surface area contributed by atoms with Crippen molar-refractivity contribution in [1.82, 2.24) is 15.3 Å². The Morgan fingerprint density at radius 3 is 2.94 bits per heavy atom. The van der Waals surface area contributed by atoms with Gasteiger partial charge in [-0.1, -0.05) is 13.8 Å². The maximum Gasteiger partial charge on any atom is 0.276 e. The van der Waals surface area contributed by atoms with Crippen LogP contribution in [0.4, 0.5) is 11.5 Å². The van der Waals surface area contributed by atoms with Gasteiger partial charge in [0.1, 0.15) is 5.69 Å². The SMILES string of the molecule is CC(C)CNCCN(C)c1nc[nH]c(=O)c1N. The molecule has 0 saturated carbocycles. The number of nitrogen functional groups attached to an aromatic ring is 1. The Balaban J connectivity index is 2.50. The maximum absolute atomic E-state index is 11.3. The van der Waals surface area contributed by atoms with Crippen molar-refractivity contribution in [3.8, 4) is 0 Å². The Hall–Kier alpha value is -1.56. The Kier molecular flexibility index (Phi) is 4.96. The minimum Gasteiger partial charge on any atom is -0.391 e. The van der Waals surface area contributed by atoms with Crippen LogP contribution in [0, 0.1) is 5.92 Å². The topological polar surface area (TPSA) is 87.0 Å². The first kappa shape index (κ1) is 13.5. The molecule has 0 bridgehead atoms. The van der Waals surface area contributed by atoms with Crippen molar-refractivity contribution in [1.29, 1.82) is 0 Å². The fraction of sp³-hybridized carbons (Fsp3) is 0.636. The second-order valence-corrected chi connectivity index (χ2v) is 4.49. The third-order valence-electron chi connectivity index (χ3n) is 2.41. The fourth-order valence-electron chi connectivity index (χ4n) is 1.45. The Morgan fingerprint density at radius 2 is 2.29 bits per heavy atom. The largest absolute Gasteiger partial charge is 0.391 e. The summed E-state index contributed by atoms with van der Waals surface area (Å²) in [6.07, 6.45) is 1.37. The number of anilines is 2. The van der Waals surface area contributed by atoms with Gasteiger partial charge in [-0.05, 0) is 12.5 Å². The normalized spacial score (nSPS) is 10.8. The van der Waals surface area contributed by atoms with Crippen molar-refractivity contribution in [2.24, 2.45) is 5.92 Å². The molecule has 0 amide bonds. The van der Waals surface area contributed by atoms with Crippen LogP contribution in [0.2, 0.25) is 0 Å². The summed E-state index contributed by atoms with van der Waals surface area (Å²) in [5, 5.41) is 3.32. The number of nitrogens with two attached hydrogens (primary N) is 1. The molecule has 0 aromatic carbocycles. The van der Waals surface area contributed by atoms with E-state index in [0.717, 1.165) is 19.6 Å². The van der Waals surface area contributed by atoms with Crippen LogP contribution in [0.25, 0.3) is 0 Å². The lowest BCUT2D eigenvalue weighted by molar-refractivity contribution is 0.554. The molecule has 0 aliphatic carbocycles. The van der Waals surface area contributed by atoms with E-state index in [9.17, 15) is 4.79 Å². The molecule has 1 aromatic rings. The van der Waals surface area contributed by atoms with Gasteiger partial charge in [0, 0.05) is 20.1 Å². The zero-order valence-corrected chi connectivity index (χ0v) is 10.7. The highest BCUT2D eigenvalue weighted by atomic mass is 16.1. The van der Waals surface area contributed by atoms with Crippen molar-refractivity contribution in [2.75, 3.05) is 37.3 Å². The lowest BCUT2D eigenvalue weighted by Crippen LogP contribution is -2.32. The predicted molar refractivity (Wildman–Crippen MR) is 70.2 cm³/mol. The summed E-state index contributed by atoms with van der Waals surface area (Å²) in [6, 6.07) is 0. The highest BCUT2D eigenvalue weighted by Gasteiger charge is 2.08. The lowest BCUT2D eigenvalue weighted by Gasteiger charge is -2.19. The third-order valence-corrected chi connectivity index (χ3v) is 2.41. The van der Waals surface area contributed by atoms with Crippen LogP contribution in [0.15, 0.2) is 11.1 Å². The summed E-state index contributed by atoms with van der Waals surface area (Å²) < 4.78 is 0. The molecule has 0 spiro atoms. The molecule has 0 aliphatic rings. The van der Waals surface area contributed by atoms with E-state index in [4.69, 9.17) is 5.73 Å². The number of hydrogen-bond acceptors (Lipinski definition) is 5. The van der Waals surface area contributed by atoms with Crippen LogP contribution in [0.3, 0.4) is 0 Å². The Bertz CT molecular complexity index is 401. The average Bonchev–Trinajstić information content (AvgIpc) is 2.27. The molecule has 1 heterocycles. The first-order chi connectivity index (χ1) is 8.02. The smallest absolute Gasteiger partial charge is 0.276 e. The van der Waals surface area contributed by atoms with E-state index >= 15 is 0 Å². The van der Waals surface area contributed by atoms with E-state index in [1.165, 1.54) is 6.33 Å². The molecule has 6 heteroatoms. The zero-order chi connectivity index (χ0) is 12.8. The van der Waals surface area contributed by atoms with E-state index in [1.54, 1.807) is 0 Å². The Morgan fingerprint density at radius 1 is 1.59 bits per heavy atom. The van der Waals surface area contributed by atoms with Gasteiger partial charge in [-0.25, -0.2) is 4.98 Å². The molecule has 0 fully saturated rings. The fourth-order valence-corrected chi connectivity index (χ4v) is 1.45. The molecule has 17 heavy (non-hydrogen) atoms. The van der Waals surface area contributed by atoms with Gasteiger partial charge in [0.15, 0.2) is 5.82 Å². The number of aromatic nitrogens is 2. The van der Waals surface area contributed by atoms with Crippen LogP contribution < -0.4 is 21.5 Å². The number of hydrogen-bond donors (Lipinski definition) is 3. The molecule has 0 saturated heterocycles. The van der Waals surface area contributed by atoms with Gasteiger partial charge >= 0.3 is 0 Å². The monoisotopic (exact) mass is 239 g/mol. The minimum absolute atomic E-state index is 0.166. The molecular formula is C11H21N5O. The highest BCUT2D eigenvalue weighted by molar-refractivity contribution is 5.60. The Labute approximate surface area is 101 Å². The van der Waals surface area contributed by atoms with Crippen molar-refractivity contribution in [2.45, 2.75) is 13.8 Å². The maximum atomic E-state index is 11.3. The van der Waals surface area contributed by atoms with Crippen LogP contribution in [-0.4, -0.2) is 36.6 Å². The molecule has 0 unspecified atom stereocenters. The van der Waals surface area contributed by atoms with E-state index in [0.29, 0.717) is 11.7 Å². The number of H-pyrrole nitrogens is 1. The van der Waals surface area contributed by atoms with E-state index in [2.05, 4.69) is 29.1 Å². The average molecular weight is 239 g/mol.